The molecule has 3 N–H and O–H groups in total. The Hall–Kier alpha value is -3.93. The summed E-state index contributed by atoms with van der Waals surface area (Å²) in [5.41, 5.74) is -0.0362. The third kappa shape index (κ3) is 5.70. The van der Waals surface area contributed by atoms with Gasteiger partial charge < -0.3 is 20.1 Å². The number of amides is 2. The van der Waals surface area contributed by atoms with E-state index < -0.39 is 46.5 Å². The minimum Gasteiger partial charge on any atom is -0.463 e. The van der Waals surface area contributed by atoms with Crippen molar-refractivity contribution in [2.24, 2.45) is 0 Å². The van der Waals surface area contributed by atoms with E-state index in [2.05, 4.69) is 15.4 Å². The van der Waals surface area contributed by atoms with Crippen molar-refractivity contribution >= 4 is 33.7 Å². The van der Waals surface area contributed by atoms with Crippen LogP contribution in [0.5, 0.6) is 0 Å². The largest absolute Gasteiger partial charge is 0.463 e. The number of anilines is 1. The van der Waals surface area contributed by atoms with E-state index in [-0.39, 0.29) is 34.0 Å². The Kier molecular flexibility index (Phi) is 7.51. The van der Waals surface area contributed by atoms with Crippen molar-refractivity contribution < 1.29 is 36.7 Å². The summed E-state index contributed by atoms with van der Waals surface area (Å²) in [7, 11) is -4.12. The van der Waals surface area contributed by atoms with E-state index in [0.717, 1.165) is 24.3 Å². The van der Waals surface area contributed by atoms with Crippen molar-refractivity contribution in [1.82, 2.24) is 10.6 Å². The van der Waals surface area contributed by atoms with Gasteiger partial charge in [-0.25, -0.2) is 27.2 Å². The zero-order chi connectivity index (χ0) is 24.9. The number of hydrogen-bond donors (Lipinski definition) is 3. The number of halogens is 1. The standard InChI is InChI=1S/C22H22FN3O7S/c1-3-32-21(28)19-13(2)24-22(29)25-18(19)12-33-20(27)16-6-4-5-7-17(16)26-34(30,31)15-10-8-14(23)9-11-15/h4-11,13,26H,3,12H2,1-2H3,(H2,24,25,29). The van der Waals surface area contributed by atoms with Gasteiger partial charge in [-0.3, -0.25) is 4.72 Å². The number of sulfonamides is 1. The second-order valence-electron chi connectivity index (χ2n) is 7.11. The molecule has 1 aliphatic rings. The molecule has 1 unspecified atom stereocenters. The third-order valence-corrected chi connectivity index (χ3v) is 6.11. The molecule has 34 heavy (non-hydrogen) atoms. The number of nitrogens with one attached hydrogen (secondary N) is 3. The number of esters is 2. The summed E-state index contributed by atoms with van der Waals surface area (Å²) in [5.74, 6) is -2.19. The number of ether oxygens (including phenoxy) is 2. The maximum absolute atomic E-state index is 13.1. The van der Waals surface area contributed by atoms with Gasteiger partial charge in [0.1, 0.15) is 12.4 Å². The lowest BCUT2D eigenvalue weighted by atomic mass is 10.0. The lowest BCUT2D eigenvalue weighted by Crippen LogP contribution is -2.50. The van der Waals surface area contributed by atoms with E-state index in [1.54, 1.807) is 13.8 Å². The highest BCUT2D eigenvalue weighted by Crippen LogP contribution is 2.22. The highest BCUT2D eigenvalue weighted by Gasteiger charge is 2.30. The first-order chi connectivity index (χ1) is 16.1. The lowest BCUT2D eigenvalue weighted by molar-refractivity contribution is -0.139. The molecule has 0 aliphatic carbocycles. The maximum Gasteiger partial charge on any atom is 0.340 e. The van der Waals surface area contributed by atoms with Crippen LogP contribution in [0, 0.1) is 5.82 Å². The number of carbonyl (C=O) groups excluding carboxylic acids is 3. The van der Waals surface area contributed by atoms with Crippen molar-refractivity contribution in [2.45, 2.75) is 24.8 Å². The smallest absolute Gasteiger partial charge is 0.340 e. The first kappa shape index (κ1) is 24.7. The van der Waals surface area contributed by atoms with Crippen molar-refractivity contribution in [1.29, 1.82) is 0 Å². The zero-order valence-electron chi connectivity index (χ0n) is 18.3. The third-order valence-electron chi connectivity index (χ3n) is 4.73. The van der Waals surface area contributed by atoms with Crippen LogP contribution in [0.25, 0.3) is 0 Å². The van der Waals surface area contributed by atoms with E-state index in [1.807, 2.05) is 0 Å². The Balaban J connectivity index is 1.82. The number of rotatable bonds is 8. The van der Waals surface area contributed by atoms with Gasteiger partial charge in [-0.05, 0) is 50.2 Å². The molecule has 1 aliphatic heterocycles. The van der Waals surface area contributed by atoms with Crippen LogP contribution in [0.3, 0.4) is 0 Å². The molecule has 1 atom stereocenters. The minimum absolute atomic E-state index is 0.0485. The van der Waals surface area contributed by atoms with Gasteiger partial charge in [-0.2, -0.15) is 0 Å². The van der Waals surface area contributed by atoms with Crippen molar-refractivity contribution in [2.75, 3.05) is 17.9 Å². The van der Waals surface area contributed by atoms with Crippen molar-refractivity contribution in [3.05, 3.63) is 71.2 Å². The Bertz CT molecular complexity index is 1240. The molecule has 0 fully saturated rings. The van der Waals surface area contributed by atoms with Crippen LogP contribution >= 0.6 is 0 Å². The molecule has 12 heteroatoms. The van der Waals surface area contributed by atoms with Crippen LogP contribution in [0.15, 0.2) is 64.7 Å². The average Bonchev–Trinajstić information content (AvgIpc) is 2.77. The fourth-order valence-corrected chi connectivity index (χ4v) is 4.26. The van der Waals surface area contributed by atoms with E-state index in [9.17, 15) is 27.2 Å². The Morgan fingerprint density at radius 2 is 1.74 bits per heavy atom. The van der Waals surface area contributed by atoms with Crippen LogP contribution in [-0.4, -0.2) is 45.6 Å². The molecule has 2 aromatic carbocycles. The van der Waals surface area contributed by atoms with Gasteiger partial charge in [-0.1, -0.05) is 12.1 Å². The Morgan fingerprint density at radius 3 is 2.41 bits per heavy atom. The van der Waals surface area contributed by atoms with Gasteiger partial charge in [-0.15, -0.1) is 0 Å². The summed E-state index contributed by atoms with van der Waals surface area (Å²) in [6.07, 6.45) is 0. The molecule has 10 nitrogen and oxygen atoms in total. The summed E-state index contributed by atoms with van der Waals surface area (Å²) in [6.45, 7) is 2.84. The number of urea groups is 1. The lowest BCUT2D eigenvalue weighted by Gasteiger charge is -2.26. The van der Waals surface area contributed by atoms with Crippen molar-refractivity contribution in [3.63, 3.8) is 0 Å². The molecule has 0 bridgehead atoms. The Labute approximate surface area is 195 Å². The van der Waals surface area contributed by atoms with Gasteiger partial charge in [0.2, 0.25) is 0 Å². The number of hydrogen-bond acceptors (Lipinski definition) is 7. The van der Waals surface area contributed by atoms with Gasteiger partial charge in [0, 0.05) is 0 Å². The van der Waals surface area contributed by atoms with E-state index in [4.69, 9.17) is 9.47 Å². The quantitative estimate of drug-likeness (QED) is 0.482. The highest BCUT2D eigenvalue weighted by atomic mass is 32.2. The number of benzene rings is 2. The number of para-hydroxylation sites is 1. The van der Waals surface area contributed by atoms with Gasteiger partial charge >= 0.3 is 18.0 Å². The van der Waals surface area contributed by atoms with Gasteiger partial charge in [0.25, 0.3) is 10.0 Å². The molecule has 2 aromatic rings. The van der Waals surface area contributed by atoms with Crippen LogP contribution in [0.2, 0.25) is 0 Å². The zero-order valence-corrected chi connectivity index (χ0v) is 19.1. The molecule has 3 rings (SSSR count). The van der Waals surface area contributed by atoms with Gasteiger partial charge in [0.15, 0.2) is 0 Å². The Morgan fingerprint density at radius 1 is 1.06 bits per heavy atom. The molecular weight excluding hydrogens is 469 g/mol. The maximum atomic E-state index is 13.1. The highest BCUT2D eigenvalue weighted by molar-refractivity contribution is 7.92. The first-order valence-corrected chi connectivity index (χ1v) is 11.6. The van der Waals surface area contributed by atoms with E-state index in [1.165, 1.54) is 24.3 Å². The van der Waals surface area contributed by atoms with Crippen LogP contribution in [0.4, 0.5) is 14.9 Å². The SMILES string of the molecule is CCOC(=O)C1=C(COC(=O)c2ccccc2NS(=O)(=O)c2ccc(F)cc2)NC(=O)NC1C. The summed E-state index contributed by atoms with van der Waals surface area (Å²) in [5, 5.41) is 4.95. The monoisotopic (exact) mass is 491 g/mol. The number of carbonyl (C=O) groups is 3. The second kappa shape index (κ2) is 10.3. The van der Waals surface area contributed by atoms with Gasteiger partial charge in [0.05, 0.1) is 40.1 Å². The average molecular weight is 491 g/mol. The van der Waals surface area contributed by atoms with E-state index >= 15 is 0 Å². The minimum atomic E-state index is -4.12. The second-order valence-corrected chi connectivity index (χ2v) is 8.80. The summed E-state index contributed by atoms with van der Waals surface area (Å²) < 4.78 is 51.0. The fraction of sp³-hybridized carbons (Fsp3) is 0.227. The molecule has 0 saturated heterocycles. The van der Waals surface area contributed by atoms with Crippen LogP contribution in [-0.2, 0) is 24.3 Å². The molecule has 1 heterocycles. The van der Waals surface area contributed by atoms with Crippen LogP contribution < -0.4 is 15.4 Å². The molecular formula is C22H22FN3O7S. The predicted octanol–water partition coefficient (Wildman–Crippen LogP) is 2.30. The van der Waals surface area contributed by atoms with E-state index in [0.29, 0.717) is 0 Å². The molecule has 0 spiro atoms. The molecule has 0 saturated carbocycles. The molecule has 0 radical (unpaired) electrons. The summed E-state index contributed by atoms with van der Waals surface area (Å²) in [6, 6.07) is 8.61. The summed E-state index contributed by atoms with van der Waals surface area (Å²) in [4.78, 5) is 36.7. The molecule has 2 amide bonds. The summed E-state index contributed by atoms with van der Waals surface area (Å²) >= 11 is 0. The predicted molar refractivity (Wildman–Crippen MR) is 119 cm³/mol. The first-order valence-electron chi connectivity index (χ1n) is 10.1. The topological polar surface area (TPSA) is 140 Å². The van der Waals surface area contributed by atoms with Crippen LogP contribution in [0.1, 0.15) is 24.2 Å². The molecule has 0 aromatic heterocycles. The molecule has 180 valence electrons. The fourth-order valence-electron chi connectivity index (χ4n) is 3.18. The normalized spacial score (nSPS) is 15.7. The van der Waals surface area contributed by atoms with Crippen molar-refractivity contribution in [3.8, 4) is 0 Å².